The number of anilines is 5. The molecule has 0 aliphatic carbocycles. The van der Waals surface area contributed by atoms with Crippen LogP contribution in [0.5, 0.6) is 0 Å². The lowest BCUT2D eigenvalue weighted by Crippen LogP contribution is -2.37. The van der Waals surface area contributed by atoms with Crippen LogP contribution in [0.15, 0.2) is 71.8 Å². The van der Waals surface area contributed by atoms with E-state index in [1.54, 1.807) is 6.92 Å². The highest BCUT2D eigenvalue weighted by Gasteiger charge is 2.17. The number of ether oxygens (including phenoxy) is 1. The van der Waals surface area contributed by atoms with E-state index in [2.05, 4.69) is 54.2 Å². The second-order valence-electron chi connectivity index (χ2n) is 8.92. The van der Waals surface area contributed by atoms with Gasteiger partial charge in [0.05, 0.1) is 18.9 Å². The Hall–Kier alpha value is -4.61. The van der Waals surface area contributed by atoms with Crippen molar-refractivity contribution >= 4 is 51.6 Å². The van der Waals surface area contributed by atoms with Crippen molar-refractivity contribution in [2.45, 2.75) is 20.8 Å². The molecule has 40 heavy (non-hydrogen) atoms. The minimum atomic E-state index is -0.112. The van der Waals surface area contributed by atoms with E-state index in [1.807, 2.05) is 55.5 Å². The smallest absolute Gasteiger partial charge is 0.250 e. The normalized spacial score (nSPS) is 13.3. The minimum absolute atomic E-state index is 0.112. The van der Waals surface area contributed by atoms with Crippen LogP contribution in [-0.2, 0) is 9.53 Å². The second kappa shape index (κ2) is 14.0. The molecule has 4 N–H and O–H groups in total. The second-order valence-corrected chi connectivity index (χ2v) is 8.92. The van der Waals surface area contributed by atoms with E-state index in [1.165, 1.54) is 6.92 Å². The Morgan fingerprint density at radius 1 is 0.950 bits per heavy atom. The highest BCUT2D eigenvalue weighted by molar-refractivity contribution is 5.99. The number of benzene rings is 3. The number of carbonyl (C=O) groups excluding carboxylic acids is 1. The number of aromatic nitrogens is 3. The van der Waals surface area contributed by atoms with Crippen molar-refractivity contribution in [1.29, 1.82) is 0 Å². The fourth-order valence-electron chi connectivity index (χ4n) is 4.03. The van der Waals surface area contributed by atoms with Gasteiger partial charge in [-0.3, -0.25) is 4.79 Å². The summed E-state index contributed by atoms with van der Waals surface area (Å²) in [6.07, 6.45) is 0. The van der Waals surface area contributed by atoms with Crippen LogP contribution in [0.3, 0.4) is 0 Å². The third kappa shape index (κ3) is 7.71. The van der Waals surface area contributed by atoms with Crippen molar-refractivity contribution in [2.75, 3.05) is 53.9 Å². The molecule has 1 aliphatic rings. The number of carbonyl (C=O) groups is 1. The largest absolute Gasteiger partial charge is 0.397 e. The van der Waals surface area contributed by atoms with Gasteiger partial charge in [-0.05, 0) is 43.0 Å². The molecule has 11 heteroatoms. The van der Waals surface area contributed by atoms with E-state index >= 15 is 0 Å². The van der Waals surface area contributed by atoms with E-state index in [4.69, 9.17) is 14.8 Å². The molecule has 4 aromatic rings. The van der Waals surface area contributed by atoms with Gasteiger partial charge in [0.25, 0.3) is 0 Å². The number of morpholine rings is 1. The molecule has 0 unspecified atom stereocenters. The lowest BCUT2D eigenvalue weighted by atomic mass is 10.1. The van der Waals surface area contributed by atoms with Crippen molar-refractivity contribution in [3.05, 3.63) is 72.3 Å². The third-order valence-electron chi connectivity index (χ3n) is 5.90. The van der Waals surface area contributed by atoms with Gasteiger partial charge in [-0.15, -0.1) is 0 Å². The Bertz CT molecular complexity index is 1450. The number of fused-ring (bicyclic) bond motifs is 1. The van der Waals surface area contributed by atoms with Gasteiger partial charge in [0.15, 0.2) is 0 Å². The molecular weight excluding hydrogens is 508 g/mol. The summed E-state index contributed by atoms with van der Waals surface area (Å²) in [7, 11) is 0. The molecule has 1 fully saturated rings. The lowest BCUT2D eigenvalue weighted by Gasteiger charge is -2.27. The summed E-state index contributed by atoms with van der Waals surface area (Å²) >= 11 is 0. The predicted molar refractivity (Wildman–Crippen MR) is 159 cm³/mol. The van der Waals surface area contributed by atoms with Crippen LogP contribution in [-0.4, -0.2) is 64.6 Å². The number of nitrogens with one attached hydrogen (secondary N) is 3. The Kier molecular flexibility index (Phi) is 9.92. The Balaban J connectivity index is 0.00000118. The first-order valence-corrected chi connectivity index (χ1v) is 13.1. The van der Waals surface area contributed by atoms with Crippen molar-refractivity contribution in [2.24, 2.45) is 5.10 Å². The maximum atomic E-state index is 11.3. The van der Waals surface area contributed by atoms with Gasteiger partial charge in [-0.2, -0.15) is 20.1 Å². The van der Waals surface area contributed by atoms with Crippen LogP contribution in [0.4, 0.5) is 29.2 Å². The molecule has 0 radical (unpaired) electrons. The number of aliphatic hydroxyl groups is 1. The summed E-state index contributed by atoms with van der Waals surface area (Å²) in [4.78, 5) is 27.2. The molecular formula is C29H34N8O3. The predicted octanol–water partition coefficient (Wildman–Crippen LogP) is 4.40. The van der Waals surface area contributed by atoms with Gasteiger partial charge in [-0.1, -0.05) is 48.5 Å². The number of hydrogen-bond donors (Lipinski definition) is 4. The fourth-order valence-corrected chi connectivity index (χ4v) is 4.03. The number of aliphatic hydroxyl groups excluding tert-OH is 1. The average molecular weight is 543 g/mol. The first-order chi connectivity index (χ1) is 19.5. The van der Waals surface area contributed by atoms with Crippen molar-refractivity contribution in [3.8, 4) is 0 Å². The minimum Gasteiger partial charge on any atom is -0.397 e. The van der Waals surface area contributed by atoms with Crippen LogP contribution in [0.25, 0.3) is 10.8 Å². The van der Waals surface area contributed by atoms with E-state index in [0.29, 0.717) is 44.1 Å². The summed E-state index contributed by atoms with van der Waals surface area (Å²) in [6.45, 7) is 7.92. The van der Waals surface area contributed by atoms with Gasteiger partial charge in [0.1, 0.15) is 0 Å². The molecule has 1 amide bonds. The SMILES string of the molecule is CC(=O)Nc1ccc(C(C)=NNc2nc(Nc3cccc4ccccc34)nc(N3CCOCC3)n2)cc1.CCO. The molecule has 0 spiro atoms. The quantitative estimate of drug-likeness (QED) is 0.198. The number of nitrogens with zero attached hydrogens (tertiary/aromatic N) is 5. The zero-order valence-corrected chi connectivity index (χ0v) is 22.9. The van der Waals surface area contributed by atoms with Gasteiger partial charge in [-0.25, -0.2) is 5.43 Å². The van der Waals surface area contributed by atoms with Crippen LogP contribution in [0, 0.1) is 0 Å². The van der Waals surface area contributed by atoms with Crippen LogP contribution in [0.2, 0.25) is 0 Å². The molecule has 11 nitrogen and oxygen atoms in total. The Labute approximate surface area is 233 Å². The standard InChI is InChI=1S/C27H28N8O2.C2H6O/c1-18(20-10-12-22(13-11-20)28-19(2)36)33-34-26-30-25(31-27(32-26)35-14-16-37-17-15-35)29-24-9-5-7-21-6-3-4-8-23(21)24;1-2-3/h3-13H,14-17H2,1-2H3,(H,28,36)(H2,29,30,31,32,34);3H,2H2,1H3. The highest BCUT2D eigenvalue weighted by Crippen LogP contribution is 2.26. The zero-order chi connectivity index (χ0) is 28.3. The number of hydrazone groups is 1. The first kappa shape index (κ1) is 28.4. The van der Waals surface area contributed by atoms with Gasteiger partial charge in [0.2, 0.25) is 23.8 Å². The molecule has 3 aromatic carbocycles. The van der Waals surface area contributed by atoms with Crippen molar-refractivity contribution in [3.63, 3.8) is 0 Å². The number of amides is 1. The Morgan fingerprint density at radius 2 is 1.62 bits per heavy atom. The molecule has 2 heterocycles. The van der Waals surface area contributed by atoms with Crippen molar-refractivity contribution < 1.29 is 14.6 Å². The summed E-state index contributed by atoms with van der Waals surface area (Å²) in [6, 6.07) is 21.7. The summed E-state index contributed by atoms with van der Waals surface area (Å²) in [5, 5.41) is 20.4. The molecule has 5 rings (SSSR count). The molecule has 0 atom stereocenters. The fraction of sp³-hybridized carbons (Fsp3) is 0.276. The summed E-state index contributed by atoms with van der Waals surface area (Å²) in [5.74, 6) is 1.19. The molecule has 0 saturated carbocycles. The highest BCUT2D eigenvalue weighted by atomic mass is 16.5. The van der Waals surface area contributed by atoms with E-state index in [0.717, 1.165) is 33.4 Å². The Morgan fingerprint density at radius 3 is 2.35 bits per heavy atom. The number of hydrogen-bond acceptors (Lipinski definition) is 10. The summed E-state index contributed by atoms with van der Waals surface area (Å²) < 4.78 is 5.49. The number of rotatable bonds is 7. The molecule has 0 bridgehead atoms. The third-order valence-corrected chi connectivity index (χ3v) is 5.90. The lowest BCUT2D eigenvalue weighted by molar-refractivity contribution is -0.114. The average Bonchev–Trinajstić information content (AvgIpc) is 2.97. The van der Waals surface area contributed by atoms with Gasteiger partial charge in [0, 0.05) is 43.4 Å². The molecule has 208 valence electrons. The zero-order valence-electron chi connectivity index (χ0n) is 22.9. The maximum Gasteiger partial charge on any atom is 0.250 e. The van der Waals surface area contributed by atoms with E-state index in [9.17, 15) is 4.79 Å². The molecule has 1 saturated heterocycles. The van der Waals surface area contributed by atoms with Crippen LogP contribution >= 0.6 is 0 Å². The molecule has 1 aromatic heterocycles. The first-order valence-electron chi connectivity index (χ1n) is 13.1. The summed E-state index contributed by atoms with van der Waals surface area (Å²) in [5.41, 5.74) is 6.27. The van der Waals surface area contributed by atoms with Gasteiger partial charge >= 0.3 is 0 Å². The van der Waals surface area contributed by atoms with Crippen LogP contribution < -0.4 is 21.0 Å². The van der Waals surface area contributed by atoms with Crippen molar-refractivity contribution in [1.82, 2.24) is 15.0 Å². The van der Waals surface area contributed by atoms with Crippen LogP contribution in [0.1, 0.15) is 26.3 Å². The van der Waals surface area contributed by atoms with Gasteiger partial charge < -0.3 is 25.4 Å². The van der Waals surface area contributed by atoms with E-state index < -0.39 is 0 Å². The topological polar surface area (TPSA) is 137 Å². The van der Waals surface area contributed by atoms with E-state index in [-0.39, 0.29) is 12.5 Å². The molecule has 1 aliphatic heterocycles. The maximum absolute atomic E-state index is 11.3. The monoisotopic (exact) mass is 542 g/mol.